The predicted molar refractivity (Wildman–Crippen MR) is 116 cm³/mol. The number of anilines is 2. The maximum absolute atomic E-state index is 6.33. The van der Waals surface area contributed by atoms with Crippen molar-refractivity contribution in [2.45, 2.75) is 33.4 Å². The second-order valence-corrected chi connectivity index (χ2v) is 7.83. The quantitative estimate of drug-likeness (QED) is 0.446. The predicted octanol–water partition coefficient (Wildman–Crippen LogP) is 5.44. The maximum atomic E-state index is 6.33. The second-order valence-electron chi connectivity index (χ2n) is 7.83. The van der Waals surface area contributed by atoms with Crippen molar-refractivity contribution in [2.24, 2.45) is 0 Å². The van der Waals surface area contributed by atoms with Crippen LogP contribution in [0.1, 0.15) is 23.7 Å². The van der Waals surface area contributed by atoms with E-state index in [1.807, 2.05) is 6.92 Å². The van der Waals surface area contributed by atoms with Gasteiger partial charge in [0.2, 0.25) is 5.71 Å². The first-order valence-electron chi connectivity index (χ1n) is 9.91. The lowest BCUT2D eigenvalue weighted by Crippen LogP contribution is -2.44. The van der Waals surface area contributed by atoms with Crippen molar-refractivity contribution in [3.63, 3.8) is 0 Å². The highest BCUT2D eigenvalue weighted by Gasteiger charge is 2.28. The summed E-state index contributed by atoms with van der Waals surface area (Å²) < 4.78 is 6.33. The summed E-state index contributed by atoms with van der Waals surface area (Å²) in [5.74, 6) is 0. The van der Waals surface area contributed by atoms with E-state index in [-0.39, 0.29) is 6.17 Å². The molecule has 2 aromatic heterocycles. The van der Waals surface area contributed by atoms with Gasteiger partial charge in [-0.05, 0) is 56.5 Å². The molecule has 0 N–H and O–H groups in total. The SMILES string of the molecule is Cc1ccc2c(n1)oc1c(N3CCc4ccccc4N(C)C3C)c(C)ccc12. The Morgan fingerprint density at radius 1 is 1.00 bits per heavy atom. The minimum absolute atomic E-state index is 0.218. The van der Waals surface area contributed by atoms with Gasteiger partial charge in [0.1, 0.15) is 0 Å². The van der Waals surface area contributed by atoms with Crippen molar-refractivity contribution in [3.05, 3.63) is 65.4 Å². The van der Waals surface area contributed by atoms with Crippen molar-refractivity contribution in [1.82, 2.24) is 4.98 Å². The van der Waals surface area contributed by atoms with Crippen molar-refractivity contribution >= 4 is 33.4 Å². The van der Waals surface area contributed by atoms with Crippen molar-refractivity contribution in [2.75, 3.05) is 23.4 Å². The first-order valence-corrected chi connectivity index (χ1v) is 9.91. The van der Waals surface area contributed by atoms with Gasteiger partial charge in [-0.2, -0.15) is 0 Å². The van der Waals surface area contributed by atoms with E-state index in [9.17, 15) is 0 Å². The largest absolute Gasteiger partial charge is 0.436 e. The molecule has 1 atom stereocenters. The number of para-hydroxylation sites is 1. The third-order valence-electron chi connectivity index (χ3n) is 6.11. The van der Waals surface area contributed by atoms with Crippen LogP contribution in [0.2, 0.25) is 0 Å². The second kappa shape index (κ2) is 6.26. The topological polar surface area (TPSA) is 32.5 Å². The molecule has 4 aromatic rings. The van der Waals surface area contributed by atoms with E-state index in [4.69, 9.17) is 4.42 Å². The normalized spacial score (nSPS) is 17.2. The number of benzene rings is 2. The summed E-state index contributed by atoms with van der Waals surface area (Å²) in [6.07, 6.45) is 1.23. The van der Waals surface area contributed by atoms with Gasteiger partial charge in [0.15, 0.2) is 5.58 Å². The molecule has 0 fully saturated rings. The van der Waals surface area contributed by atoms with Crippen LogP contribution >= 0.6 is 0 Å². The molecule has 142 valence electrons. The van der Waals surface area contributed by atoms with Gasteiger partial charge in [0, 0.05) is 35.7 Å². The highest BCUT2D eigenvalue weighted by atomic mass is 16.3. The summed E-state index contributed by atoms with van der Waals surface area (Å²) in [5, 5.41) is 2.22. The van der Waals surface area contributed by atoms with Crippen LogP contribution in [-0.2, 0) is 6.42 Å². The number of aryl methyl sites for hydroxylation is 2. The molecule has 0 aliphatic carbocycles. The van der Waals surface area contributed by atoms with E-state index < -0.39 is 0 Å². The molecule has 0 bridgehead atoms. The molecule has 5 rings (SSSR count). The number of nitrogens with zero attached hydrogens (tertiary/aromatic N) is 3. The van der Waals surface area contributed by atoms with Crippen molar-refractivity contribution < 1.29 is 4.42 Å². The number of aromatic nitrogens is 1. The lowest BCUT2D eigenvalue weighted by Gasteiger charge is -2.36. The standard InChI is InChI=1S/C24H25N3O/c1-15-9-11-19-20-12-10-16(2)25-24(20)28-23(19)22(15)27-14-13-18-7-5-6-8-21(18)26(4)17(27)3/h5-12,17H,13-14H2,1-4H3. The zero-order valence-corrected chi connectivity index (χ0v) is 16.9. The number of hydrogen-bond donors (Lipinski definition) is 0. The highest BCUT2D eigenvalue weighted by molar-refractivity contribution is 6.08. The summed E-state index contributed by atoms with van der Waals surface area (Å²) in [7, 11) is 2.18. The molecule has 0 saturated carbocycles. The van der Waals surface area contributed by atoms with Gasteiger partial charge in [0.05, 0.1) is 11.9 Å². The number of hydrogen-bond acceptors (Lipinski definition) is 4. The minimum Gasteiger partial charge on any atom is -0.436 e. The van der Waals surface area contributed by atoms with Crippen LogP contribution in [0.5, 0.6) is 0 Å². The Morgan fingerprint density at radius 2 is 1.79 bits per heavy atom. The summed E-state index contributed by atoms with van der Waals surface area (Å²) in [4.78, 5) is 9.46. The summed E-state index contributed by atoms with van der Waals surface area (Å²) in [6.45, 7) is 7.39. The van der Waals surface area contributed by atoms with Crippen LogP contribution in [-0.4, -0.2) is 24.7 Å². The summed E-state index contributed by atoms with van der Waals surface area (Å²) in [6, 6.07) is 17.3. The Kier molecular flexibility index (Phi) is 3.83. The van der Waals surface area contributed by atoms with Gasteiger partial charge in [-0.1, -0.05) is 30.3 Å². The summed E-state index contributed by atoms with van der Waals surface area (Å²) in [5.41, 5.74) is 7.76. The van der Waals surface area contributed by atoms with Gasteiger partial charge < -0.3 is 14.2 Å². The Balaban J connectivity index is 1.70. The van der Waals surface area contributed by atoms with Gasteiger partial charge in [-0.25, -0.2) is 4.98 Å². The first-order chi connectivity index (χ1) is 13.5. The third-order valence-corrected chi connectivity index (χ3v) is 6.11. The Hall–Kier alpha value is -3.01. The molecule has 28 heavy (non-hydrogen) atoms. The van der Waals surface area contributed by atoms with Crippen LogP contribution in [0, 0.1) is 13.8 Å². The fourth-order valence-electron chi connectivity index (χ4n) is 4.46. The molecule has 3 heterocycles. The van der Waals surface area contributed by atoms with E-state index in [0.717, 1.165) is 40.7 Å². The Labute approximate surface area is 165 Å². The van der Waals surface area contributed by atoms with Crippen molar-refractivity contribution in [1.29, 1.82) is 0 Å². The average molecular weight is 371 g/mol. The van der Waals surface area contributed by atoms with E-state index in [1.165, 1.54) is 22.5 Å². The fraction of sp³-hybridized carbons (Fsp3) is 0.292. The first kappa shape index (κ1) is 17.1. The molecule has 1 unspecified atom stereocenters. The number of furan rings is 1. The zero-order valence-electron chi connectivity index (χ0n) is 16.9. The molecule has 0 radical (unpaired) electrons. The number of fused-ring (bicyclic) bond motifs is 4. The van der Waals surface area contributed by atoms with Crippen LogP contribution in [0.15, 0.2) is 52.9 Å². The number of rotatable bonds is 1. The molecule has 0 spiro atoms. The Bertz CT molecular complexity index is 1190. The van der Waals surface area contributed by atoms with Crippen LogP contribution in [0.4, 0.5) is 11.4 Å². The monoisotopic (exact) mass is 371 g/mol. The lowest BCUT2D eigenvalue weighted by molar-refractivity contribution is 0.618. The van der Waals surface area contributed by atoms with Gasteiger partial charge in [0.25, 0.3) is 0 Å². The summed E-state index contributed by atoms with van der Waals surface area (Å²) >= 11 is 0. The van der Waals surface area contributed by atoms with Crippen LogP contribution in [0.25, 0.3) is 22.1 Å². The number of pyridine rings is 1. The van der Waals surface area contributed by atoms with Crippen LogP contribution in [0.3, 0.4) is 0 Å². The smallest absolute Gasteiger partial charge is 0.227 e. The van der Waals surface area contributed by atoms with E-state index in [1.54, 1.807) is 0 Å². The van der Waals surface area contributed by atoms with Gasteiger partial charge in [-0.15, -0.1) is 0 Å². The zero-order chi connectivity index (χ0) is 19.4. The molecule has 0 amide bonds. The highest BCUT2D eigenvalue weighted by Crippen LogP contribution is 2.39. The molecular weight excluding hydrogens is 346 g/mol. The van der Waals surface area contributed by atoms with Crippen molar-refractivity contribution in [3.8, 4) is 0 Å². The van der Waals surface area contributed by atoms with E-state index in [2.05, 4.69) is 84.2 Å². The molecule has 2 aromatic carbocycles. The molecule has 0 saturated heterocycles. The van der Waals surface area contributed by atoms with E-state index in [0.29, 0.717) is 0 Å². The average Bonchev–Trinajstić information content (AvgIpc) is 3.00. The lowest BCUT2D eigenvalue weighted by atomic mass is 10.1. The third kappa shape index (κ3) is 2.48. The minimum atomic E-state index is 0.218. The molecule has 1 aliphatic heterocycles. The molecule has 4 heteroatoms. The van der Waals surface area contributed by atoms with Gasteiger partial charge in [-0.3, -0.25) is 0 Å². The maximum Gasteiger partial charge on any atom is 0.227 e. The molecule has 4 nitrogen and oxygen atoms in total. The molecule has 1 aliphatic rings. The fourth-order valence-corrected chi connectivity index (χ4v) is 4.46. The molecular formula is C24H25N3O. The van der Waals surface area contributed by atoms with E-state index >= 15 is 0 Å². The van der Waals surface area contributed by atoms with Gasteiger partial charge >= 0.3 is 0 Å². The Morgan fingerprint density at radius 3 is 2.64 bits per heavy atom. The van der Waals surface area contributed by atoms with Crippen LogP contribution < -0.4 is 9.80 Å².